The van der Waals surface area contributed by atoms with E-state index in [4.69, 9.17) is 10.5 Å². The number of benzene rings is 1. The summed E-state index contributed by atoms with van der Waals surface area (Å²) in [6, 6.07) is 11.5. The molecule has 0 aliphatic heterocycles. The van der Waals surface area contributed by atoms with E-state index < -0.39 is 0 Å². The average molecular weight is 229 g/mol. The highest BCUT2D eigenvalue weighted by Crippen LogP contribution is 2.16. The lowest BCUT2D eigenvalue weighted by atomic mass is 10.2. The van der Waals surface area contributed by atoms with Crippen LogP contribution in [-0.2, 0) is 6.54 Å². The van der Waals surface area contributed by atoms with Crippen LogP contribution in [0.15, 0.2) is 42.6 Å². The maximum atomic E-state index is 5.79. The number of hydrogen-bond donors (Lipinski definition) is 2. The van der Waals surface area contributed by atoms with Crippen LogP contribution in [0.3, 0.4) is 0 Å². The van der Waals surface area contributed by atoms with Gasteiger partial charge in [0, 0.05) is 12.7 Å². The molecule has 0 saturated heterocycles. The molecule has 0 aliphatic carbocycles. The fourth-order valence-electron chi connectivity index (χ4n) is 1.49. The molecule has 0 atom stereocenters. The summed E-state index contributed by atoms with van der Waals surface area (Å²) in [5.41, 5.74) is 7.59. The van der Waals surface area contributed by atoms with Gasteiger partial charge < -0.3 is 15.8 Å². The van der Waals surface area contributed by atoms with Gasteiger partial charge in [0.05, 0.1) is 12.8 Å². The van der Waals surface area contributed by atoms with Crippen molar-refractivity contribution in [3.05, 3.63) is 48.2 Å². The molecule has 0 bridgehead atoms. The predicted octanol–water partition coefficient (Wildman–Crippen LogP) is 2.28. The van der Waals surface area contributed by atoms with Gasteiger partial charge in [-0.05, 0) is 29.8 Å². The average Bonchev–Trinajstić information content (AvgIpc) is 2.38. The lowest BCUT2D eigenvalue weighted by molar-refractivity contribution is 0.414. The SMILES string of the molecule is COc1ccc(CNc2ncccc2N)cc1. The van der Waals surface area contributed by atoms with Crippen LogP contribution in [0, 0.1) is 0 Å². The van der Waals surface area contributed by atoms with Crippen molar-refractivity contribution in [1.29, 1.82) is 0 Å². The second-order valence-electron chi connectivity index (χ2n) is 3.64. The minimum Gasteiger partial charge on any atom is -0.497 e. The van der Waals surface area contributed by atoms with Crippen LogP contribution in [0.4, 0.5) is 11.5 Å². The number of rotatable bonds is 4. The van der Waals surface area contributed by atoms with Gasteiger partial charge in [-0.25, -0.2) is 4.98 Å². The summed E-state index contributed by atoms with van der Waals surface area (Å²) >= 11 is 0. The minimum atomic E-state index is 0.654. The van der Waals surface area contributed by atoms with E-state index in [0.29, 0.717) is 18.1 Å². The Hall–Kier alpha value is -2.23. The van der Waals surface area contributed by atoms with Gasteiger partial charge in [-0.3, -0.25) is 0 Å². The van der Waals surface area contributed by atoms with E-state index in [0.717, 1.165) is 11.3 Å². The first kappa shape index (κ1) is 11.3. The van der Waals surface area contributed by atoms with Crippen LogP contribution in [0.2, 0.25) is 0 Å². The Labute approximate surface area is 100 Å². The number of nitrogens with zero attached hydrogens (tertiary/aromatic N) is 1. The molecule has 4 nitrogen and oxygen atoms in total. The van der Waals surface area contributed by atoms with Gasteiger partial charge in [-0.15, -0.1) is 0 Å². The van der Waals surface area contributed by atoms with Gasteiger partial charge in [0.2, 0.25) is 0 Å². The van der Waals surface area contributed by atoms with Gasteiger partial charge >= 0.3 is 0 Å². The zero-order valence-electron chi connectivity index (χ0n) is 9.68. The second-order valence-corrected chi connectivity index (χ2v) is 3.64. The number of hydrogen-bond acceptors (Lipinski definition) is 4. The largest absolute Gasteiger partial charge is 0.497 e. The molecule has 0 unspecified atom stereocenters. The lowest BCUT2D eigenvalue weighted by Gasteiger charge is -2.08. The van der Waals surface area contributed by atoms with Crippen molar-refractivity contribution in [3.8, 4) is 5.75 Å². The van der Waals surface area contributed by atoms with Crippen molar-refractivity contribution in [2.45, 2.75) is 6.54 Å². The summed E-state index contributed by atoms with van der Waals surface area (Å²) in [5.74, 6) is 1.56. The predicted molar refractivity (Wildman–Crippen MR) is 69.0 cm³/mol. The number of nitrogen functional groups attached to an aromatic ring is 1. The van der Waals surface area contributed by atoms with Crippen LogP contribution in [0.1, 0.15) is 5.56 Å². The number of pyridine rings is 1. The van der Waals surface area contributed by atoms with E-state index in [1.54, 1.807) is 13.3 Å². The van der Waals surface area contributed by atoms with E-state index in [1.807, 2.05) is 36.4 Å². The summed E-state index contributed by atoms with van der Waals surface area (Å²) in [6.07, 6.45) is 1.71. The molecule has 0 fully saturated rings. The van der Waals surface area contributed by atoms with E-state index in [9.17, 15) is 0 Å². The Bertz CT molecular complexity index is 482. The fraction of sp³-hybridized carbons (Fsp3) is 0.154. The molecule has 0 radical (unpaired) electrons. The summed E-state index contributed by atoms with van der Waals surface area (Å²) in [6.45, 7) is 0.686. The van der Waals surface area contributed by atoms with Crippen LogP contribution < -0.4 is 15.8 Å². The standard InChI is InChI=1S/C13H15N3O/c1-17-11-6-4-10(5-7-11)9-16-13-12(14)3-2-8-15-13/h2-8H,9,14H2,1H3,(H,15,16). The van der Waals surface area contributed by atoms with Crippen molar-refractivity contribution in [1.82, 2.24) is 4.98 Å². The number of methoxy groups -OCH3 is 1. The topological polar surface area (TPSA) is 60.2 Å². The Kier molecular flexibility index (Phi) is 3.45. The van der Waals surface area contributed by atoms with Crippen molar-refractivity contribution in [2.75, 3.05) is 18.2 Å². The first-order valence-electron chi connectivity index (χ1n) is 5.37. The van der Waals surface area contributed by atoms with Crippen molar-refractivity contribution < 1.29 is 4.74 Å². The maximum absolute atomic E-state index is 5.79. The quantitative estimate of drug-likeness (QED) is 0.844. The molecule has 2 aromatic rings. The molecule has 0 aliphatic rings. The van der Waals surface area contributed by atoms with Gasteiger partial charge in [-0.2, -0.15) is 0 Å². The molecule has 3 N–H and O–H groups in total. The molecular weight excluding hydrogens is 214 g/mol. The molecule has 0 spiro atoms. The number of anilines is 2. The Balaban J connectivity index is 2.00. The second kappa shape index (κ2) is 5.21. The minimum absolute atomic E-state index is 0.654. The number of nitrogens with one attached hydrogen (secondary N) is 1. The van der Waals surface area contributed by atoms with Crippen molar-refractivity contribution >= 4 is 11.5 Å². The molecule has 88 valence electrons. The van der Waals surface area contributed by atoms with Gasteiger partial charge in [0.25, 0.3) is 0 Å². The third-order valence-corrected chi connectivity index (χ3v) is 2.46. The zero-order chi connectivity index (χ0) is 12.1. The van der Waals surface area contributed by atoms with Crippen LogP contribution in [-0.4, -0.2) is 12.1 Å². The smallest absolute Gasteiger partial charge is 0.149 e. The van der Waals surface area contributed by atoms with Crippen LogP contribution >= 0.6 is 0 Å². The normalized spacial score (nSPS) is 9.94. The fourth-order valence-corrected chi connectivity index (χ4v) is 1.49. The van der Waals surface area contributed by atoms with Crippen LogP contribution in [0.25, 0.3) is 0 Å². The third kappa shape index (κ3) is 2.87. The zero-order valence-corrected chi connectivity index (χ0v) is 9.68. The first-order valence-corrected chi connectivity index (χ1v) is 5.37. The van der Waals surface area contributed by atoms with Gasteiger partial charge in [0.1, 0.15) is 11.6 Å². The number of nitrogens with two attached hydrogens (primary N) is 1. The molecular formula is C13H15N3O. The third-order valence-electron chi connectivity index (χ3n) is 2.46. The van der Waals surface area contributed by atoms with Gasteiger partial charge in [-0.1, -0.05) is 12.1 Å². The molecule has 2 rings (SSSR count). The molecule has 0 amide bonds. The molecule has 4 heteroatoms. The summed E-state index contributed by atoms with van der Waals surface area (Å²) < 4.78 is 5.10. The van der Waals surface area contributed by atoms with E-state index in [-0.39, 0.29) is 0 Å². The molecule has 1 aromatic carbocycles. The number of ether oxygens (including phenoxy) is 1. The van der Waals surface area contributed by atoms with E-state index in [1.165, 1.54) is 0 Å². The number of aromatic nitrogens is 1. The van der Waals surface area contributed by atoms with Crippen molar-refractivity contribution in [2.24, 2.45) is 0 Å². The van der Waals surface area contributed by atoms with Crippen LogP contribution in [0.5, 0.6) is 5.75 Å². The molecule has 17 heavy (non-hydrogen) atoms. The first-order chi connectivity index (χ1) is 8.29. The van der Waals surface area contributed by atoms with Gasteiger partial charge in [0.15, 0.2) is 0 Å². The lowest BCUT2D eigenvalue weighted by Crippen LogP contribution is -2.04. The summed E-state index contributed by atoms with van der Waals surface area (Å²) in [7, 11) is 1.65. The molecule has 0 saturated carbocycles. The Morgan fingerprint density at radius 1 is 1.24 bits per heavy atom. The highest BCUT2D eigenvalue weighted by Gasteiger charge is 1.99. The molecule has 1 heterocycles. The Morgan fingerprint density at radius 2 is 2.00 bits per heavy atom. The summed E-state index contributed by atoms with van der Waals surface area (Å²) in [5, 5.41) is 3.19. The van der Waals surface area contributed by atoms with Crippen molar-refractivity contribution in [3.63, 3.8) is 0 Å². The summed E-state index contributed by atoms with van der Waals surface area (Å²) in [4.78, 5) is 4.17. The van der Waals surface area contributed by atoms with E-state index in [2.05, 4.69) is 10.3 Å². The molecule has 1 aromatic heterocycles. The highest BCUT2D eigenvalue weighted by atomic mass is 16.5. The monoisotopic (exact) mass is 229 g/mol. The Morgan fingerprint density at radius 3 is 2.65 bits per heavy atom. The maximum Gasteiger partial charge on any atom is 0.149 e. The highest BCUT2D eigenvalue weighted by molar-refractivity contribution is 5.60. The van der Waals surface area contributed by atoms with E-state index >= 15 is 0 Å².